The number of carbonyl (C=O) groups excluding carboxylic acids is 3. The highest BCUT2D eigenvalue weighted by molar-refractivity contribution is 6.32. The lowest BCUT2D eigenvalue weighted by atomic mass is 9.64. The molecule has 0 N–H and O–H groups in total. The average molecular weight is 507 g/mol. The van der Waals surface area contributed by atoms with Gasteiger partial charge in [-0.1, -0.05) is 60.1 Å². The lowest BCUT2D eigenvalue weighted by Gasteiger charge is -2.36. The maximum absolute atomic E-state index is 14.5. The number of Topliss-reactive ketones (excluding diaryl/α,β-unsaturated/α-hetero) is 3. The largest absolute Gasteiger partial charge is 0.469 e. The van der Waals surface area contributed by atoms with Crippen molar-refractivity contribution >= 4 is 35.2 Å². The molecule has 1 fully saturated rings. The van der Waals surface area contributed by atoms with E-state index in [0.29, 0.717) is 27.5 Å². The Kier molecular flexibility index (Phi) is 4.66. The summed E-state index contributed by atoms with van der Waals surface area (Å²) < 4.78 is 5.87. The van der Waals surface area contributed by atoms with Gasteiger partial charge >= 0.3 is 0 Å². The zero-order chi connectivity index (χ0) is 25.3. The number of fused-ring (bicyclic) bond motifs is 5. The van der Waals surface area contributed by atoms with Crippen LogP contribution in [0.5, 0.6) is 0 Å². The first kappa shape index (κ1) is 21.9. The quantitative estimate of drug-likeness (QED) is 0.261. The third-order valence-corrected chi connectivity index (χ3v) is 8.07. The molecule has 3 aliphatic rings. The molecule has 4 aromatic rings. The first-order valence-electron chi connectivity index (χ1n) is 12.0. The molecule has 1 aliphatic carbocycles. The Labute approximate surface area is 217 Å². The van der Waals surface area contributed by atoms with Gasteiger partial charge in [0.05, 0.1) is 24.4 Å². The van der Waals surface area contributed by atoms with Gasteiger partial charge in [0.25, 0.3) is 0 Å². The van der Waals surface area contributed by atoms with Crippen LogP contribution < -0.4 is 0 Å². The van der Waals surface area contributed by atoms with Crippen molar-refractivity contribution in [2.24, 2.45) is 10.5 Å². The van der Waals surface area contributed by atoms with E-state index in [9.17, 15) is 14.4 Å². The number of nitrogens with zero attached hydrogens (tertiary/aromatic N) is 2. The number of ketones is 3. The van der Waals surface area contributed by atoms with Crippen molar-refractivity contribution in [2.75, 3.05) is 0 Å². The van der Waals surface area contributed by atoms with Gasteiger partial charge in [-0.3, -0.25) is 19.4 Å². The van der Waals surface area contributed by atoms with Crippen LogP contribution in [0.15, 0.2) is 101 Å². The van der Waals surface area contributed by atoms with Gasteiger partial charge in [-0.2, -0.15) is 5.10 Å². The van der Waals surface area contributed by atoms with Crippen LogP contribution in [0, 0.1) is 5.41 Å². The summed E-state index contributed by atoms with van der Waals surface area (Å²) >= 11 is 6.09. The van der Waals surface area contributed by atoms with Crippen molar-refractivity contribution in [1.82, 2.24) is 5.01 Å². The number of hydrazone groups is 1. The number of rotatable bonds is 3. The molecule has 3 aromatic carbocycles. The summed E-state index contributed by atoms with van der Waals surface area (Å²) in [4.78, 5) is 43.2. The van der Waals surface area contributed by atoms with E-state index in [-0.39, 0.29) is 17.3 Å². The van der Waals surface area contributed by atoms with Crippen LogP contribution in [0.2, 0.25) is 5.02 Å². The molecule has 3 heterocycles. The molecule has 0 radical (unpaired) electrons. The van der Waals surface area contributed by atoms with E-state index in [1.165, 1.54) is 6.26 Å². The average Bonchev–Trinajstić information content (AvgIpc) is 3.62. The fourth-order valence-electron chi connectivity index (χ4n) is 6.34. The van der Waals surface area contributed by atoms with Gasteiger partial charge in [-0.25, -0.2) is 0 Å². The molecule has 0 bridgehead atoms. The predicted molar refractivity (Wildman–Crippen MR) is 137 cm³/mol. The Morgan fingerprint density at radius 1 is 0.865 bits per heavy atom. The monoisotopic (exact) mass is 506 g/mol. The minimum Gasteiger partial charge on any atom is -0.469 e. The smallest absolute Gasteiger partial charge is 0.187 e. The minimum atomic E-state index is -1.64. The number of carbonyl (C=O) groups is 3. The molecule has 2 aliphatic heterocycles. The van der Waals surface area contributed by atoms with Gasteiger partial charge < -0.3 is 4.42 Å². The highest BCUT2D eigenvalue weighted by Crippen LogP contribution is 2.64. The summed E-state index contributed by atoms with van der Waals surface area (Å²) in [6.07, 6.45) is 3.18. The van der Waals surface area contributed by atoms with Gasteiger partial charge in [0, 0.05) is 21.7 Å². The van der Waals surface area contributed by atoms with Crippen LogP contribution in [0.1, 0.15) is 59.9 Å². The molecular weight excluding hydrogens is 488 g/mol. The van der Waals surface area contributed by atoms with Crippen LogP contribution in [-0.4, -0.2) is 34.6 Å². The molecule has 7 rings (SSSR count). The Bertz CT molecular complexity index is 1590. The molecule has 37 heavy (non-hydrogen) atoms. The van der Waals surface area contributed by atoms with Crippen LogP contribution in [0.25, 0.3) is 0 Å². The van der Waals surface area contributed by atoms with E-state index in [1.54, 1.807) is 71.9 Å². The summed E-state index contributed by atoms with van der Waals surface area (Å²) in [5.74, 6) is -1.42. The van der Waals surface area contributed by atoms with Crippen molar-refractivity contribution in [1.29, 1.82) is 0 Å². The third-order valence-electron chi connectivity index (χ3n) is 7.82. The maximum Gasteiger partial charge on any atom is 0.187 e. The molecule has 1 aromatic heterocycles. The van der Waals surface area contributed by atoms with Gasteiger partial charge in [-0.05, 0) is 47.5 Å². The normalized spacial score (nSPS) is 22.7. The van der Waals surface area contributed by atoms with Gasteiger partial charge in [0.2, 0.25) is 0 Å². The molecule has 3 atom stereocenters. The summed E-state index contributed by atoms with van der Waals surface area (Å²) in [5, 5.41) is 6.85. The van der Waals surface area contributed by atoms with Gasteiger partial charge in [0.1, 0.15) is 17.2 Å². The fraction of sp³-hybridized carbons (Fsp3) is 0.133. The lowest BCUT2D eigenvalue weighted by molar-refractivity contribution is 0.0579. The van der Waals surface area contributed by atoms with E-state index in [4.69, 9.17) is 21.1 Å². The van der Waals surface area contributed by atoms with E-state index >= 15 is 0 Å². The first-order valence-corrected chi connectivity index (χ1v) is 12.3. The zero-order valence-electron chi connectivity index (χ0n) is 19.4. The molecule has 1 unspecified atom stereocenters. The molecule has 0 amide bonds. The Morgan fingerprint density at radius 2 is 1.54 bits per heavy atom. The molecule has 180 valence electrons. The third kappa shape index (κ3) is 2.82. The van der Waals surface area contributed by atoms with Crippen molar-refractivity contribution in [2.45, 2.75) is 18.0 Å². The Balaban J connectivity index is 1.54. The molecular formula is C30H19ClN2O4. The molecule has 0 saturated carbocycles. The highest BCUT2D eigenvalue weighted by atomic mass is 35.5. The molecule has 7 heteroatoms. The van der Waals surface area contributed by atoms with Gasteiger partial charge in [-0.15, -0.1) is 0 Å². The van der Waals surface area contributed by atoms with Crippen LogP contribution >= 0.6 is 11.6 Å². The lowest BCUT2D eigenvalue weighted by Crippen LogP contribution is -2.43. The SMILES string of the molecule is O=C(c1ccc(Cl)cc1)[C@@H]1[C@@H](c2ccco2)C2(C(=O)c3ccccc3C2=O)C2c3ccccc3C=NN21. The Morgan fingerprint density at radius 3 is 2.22 bits per heavy atom. The number of hydrogen-bond donors (Lipinski definition) is 0. The van der Waals surface area contributed by atoms with Crippen molar-refractivity contribution in [3.8, 4) is 0 Å². The maximum atomic E-state index is 14.5. The summed E-state index contributed by atoms with van der Waals surface area (Å²) in [6.45, 7) is 0. The number of furan rings is 1. The number of hydrogen-bond acceptors (Lipinski definition) is 6. The van der Waals surface area contributed by atoms with E-state index in [0.717, 1.165) is 11.1 Å². The van der Waals surface area contributed by atoms with E-state index in [2.05, 4.69) is 0 Å². The second-order valence-corrected chi connectivity index (χ2v) is 9.97. The molecule has 1 saturated heterocycles. The van der Waals surface area contributed by atoms with Crippen molar-refractivity contribution in [3.05, 3.63) is 130 Å². The molecule has 1 spiro atoms. The second kappa shape index (κ2) is 7.85. The highest BCUT2D eigenvalue weighted by Gasteiger charge is 2.73. The topological polar surface area (TPSA) is 79.9 Å². The summed E-state index contributed by atoms with van der Waals surface area (Å²) in [7, 11) is 0. The number of benzene rings is 3. The summed E-state index contributed by atoms with van der Waals surface area (Å²) in [6, 6.07) is 22.7. The van der Waals surface area contributed by atoms with Crippen molar-refractivity contribution in [3.63, 3.8) is 0 Å². The van der Waals surface area contributed by atoms with Crippen LogP contribution in [-0.2, 0) is 0 Å². The standard InChI is InChI=1S/C30H19ClN2O4/c31-19-13-11-17(12-14-19)26(34)25-24(23-10-5-15-37-23)30(28(35)21-8-3-4-9-22(21)29(30)36)27-20-7-2-1-6-18(20)16-32-33(25)27/h1-16,24-25,27H/t24-,25+,27?/m1/s1. The van der Waals surface area contributed by atoms with Crippen LogP contribution in [0.4, 0.5) is 0 Å². The van der Waals surface area contributed by atoms with Crippen molar-refractivity contribution < 1.29 is 18.8 Å². The van der Waals surface area contributed by atoms with E-state index in [1.807, 2.05) is 24.3 Å². The minimum absolute atomic E-state index is 0.270. The van der Waals surface area contributed by atoms with Gasteiger partial charge in [0.15, 0.2) is 17.3 Å². The van der Waals surface area contributed by atoms with E-state index < -0.39 is 23.4 Å². The summed E-state index contributed by atoms with van der Waals surface area (Å²) in [5.41, 5.74) is 1.06. The second-order valence-electron chi connectivity index (χ2n) is 9.54. The number of halogens is 1. The molecule has 6 nitrogen and oxygen atoms in total. The Hall–Kier alpha value is -4.29. The van der Waals surface area contributed by atoms with Crippen LogP contribution in [0.3, 0.4) is 0 Å². The first-order chi connectivity index (χ1) is 18.0. The predicted octanol–water partition coefficient (Wildman–Crippen LogP) is 5.74. The fourth-order valence-corrected chi connectivity index (χ4v) is 6.46. The zero-order valence-corrected chi connectivity index (χ0v) is 20.1.